The van der Waals surface area contributed by atoms with Crippen LogP contribution in [0.1, 0.15) is 114 Å². The zero-order valence-corrected chi connectivity index (χ0v) is 41.1. The third-order valence-electron chi connectivity index (χ3n) is 9.00. The van der Waals surface area contributed by atoms with Gasteiger partial charge < -0.3 is 54.7 Å². The molecule has 13 nitrogen and oxygen atoms in total. The molecule has 0 aliphatic carbocycles. The number of methoxy groups -OCH3 is 2. The Morgan fingerprint density at radius 2 is 1.40 bits per heavy atom. The maximum Gasteiger partial charge on any atom is 0.210 e. The summed E-state index contributed by atoms with van der Waals surface area (Å²) in [5, 5.41) is 14.9. The van der Waals surface area contributed by atoms with Crippen LogP contribution in [0.2, 0.25) is 0 Å². The minimum absolute atomic E-state index is 0.0231. The number of hydrogen-bond donors (Lipinski definition) is 4. The molecule has 356 valence electrons. The summed E-state index contributed by atoms with van der Waals surface area (Å²) in [6.45, 7) is 24.6. The molecular weight excluding hydrogens is 770 g/mol. The maximum absolute atomic E-state index is 12.5. The van der Waals surface area contributed by atoms with Crippen molar-refractivity contribution in [3.8, 4) is 0 Å². The van der Waals surface area contributed by atoms with E-state index in [1.54, 1.807) is 33.3 Å². The Balaban J connectivity index is -0.000000150. The van der Waals surface area contributed by atoms with E-state index in [2.05, 4.69) is 83.4 Å². The normalized spacial score (nSPS) is 15.2. The van der Waals surface area contributed by atoms with Crippen molar-refractivity contribution in [1.82, 2.24) is 25.8 Å². The van der Waals surface area contributed by atoms with Crippen molar-refractivity contribution in [2.24, 2.45) is 17.8 Å². The van der Waals surface area contributed by atoms with E-state index in [1.165, 1.54) is 25.0 Å². The zero-order valence-electron chi connectivity index (χ0n) is 41.1. The number of nitrogens with one attached hydrogen (secondary N) is 3. The lowest BCUT2D eigenvalue weighted by atomic mass is 9.92. The second-order valence-electron chi connectivity index (χ2n) is 14.5. The lowest BCUT2D eigenvalue weighted by molar-refractivity contribution is -0.122. The summed E-state index contributed by atoms with van der Waals surface area (Å²) in [5.74, 6) is 1.24. The fourth-order valence-electron chi connectivity index (χ4n) is 5.92. The summed E-state index contributed by atoms with van der Waals surface area (Å²) >= 11 is 0. The van der Waals surface area contributed by atoms with Crippen molar-refractivity contribution >= 4 is 31.7 Å². The number of halogens is 1. The van der Waals surface area contributed by atoms with Crippen molar-refractivity contribution in [2.45, 2.75) is 151 Å². The van der Waals surface area contributed by atoms with Crippen LogP contribution in [-0.2, 0) is 39.9 Å². The van der Waals surface area contributed by atoms with E-state index in [9.17, 15) is 28.4 Å². The molecule has 7 atom stereocenters. The molecule has 1 aromatic carbocycles. The molecule has 1 aliphatic rings. The Morgan fingerprint density at radius 1 is 0.867 bits per heavy atom. The number of carbonyl (C=O) groups excluding carboxylic acids is 5. The topological polar surface area (TPSA) is 167 Å². The summed E-state index contributed by atoms with van der Waals surface area (Å²) in [4.78, 5) is 54.9. The molecule has 0 saturated carbocycles. The first-order chi connectivity index (χ1) is 28.6. The van der Waals surface area contributed by atoms with Gasteiger partial charge >= 0.3 is 0 Å². The number of benzene rings is 1. The van der Waals surface area contributed by atoms with E-state index in [0.717, 1.165) is 57.5 Å². The quantitative estimate of drug-likeness (QED) is 0.110. The van der Waals surface area contributed by atoms with E-state index in [4.69, 9.17) is 14.6 Å². The molecule has 1 saturated heterocycles. The highest BCUT2D eigenvalue weighted by atomic mass is 19.1. The van der Waals surface area contributed by atoms with Crippen LogP contribution in [0, 0.1) is 23.6 Å². The van der Waals surface area contributed by atoms with E-state index in [-0.39, 0.29) is 18.0 Å². The predicted octanol–water partition coefficient (Wildman–Crippen LogP) is 6.23. The Morgan fingerprint density at radius 3 is 1.67 bits per heavy atom. The molecule has 0 bridgehead atoms. The van der Waals surface area contributed by atoms with E-state index >= 15 is 0 Å². The summed E-state index contributed by atoms with van der Waals surface area (Å²) < 4.78 is 23.4. The highest BCUT2D eigenvalue weighted by Gasteiger charge is 2.32. The monoisotopic (exact) mass is 862 g/mol. The van der Waals surface area contributed by atoms with Crippen LogP contribution in [0.5, 0.6) is 0 Å². The van der Waals surface area contributed by atoms with Crippen molar-refractivity contribution < 1.29 is 42.9 Å². The van der Waals surface area contributed by atoms with Crippen LogP contribution in [-0.4, -0.2) is 146 Å². The van der Waals surface area contributed by atoms with Gasteiger partial charge in [0, 0.05) is 33.9 Å². The van der Waals surface area contributed by atoms with E-state index in [0.29, 0.717) is 61.6 Å². The van der Waals surface area contributed by atoms with E-state index < -0.39 is 6.04 Å². The number of aliphatic hydroxyl groups is 1. The molecule has 14 heteroatoms. The van der Waals surface area contributed by atoms with Crippen molar-refractivity contribution in [2.75, 3.05) is 62.6 Å². The van der Waals surface area contributed by atoms with Crippen LogP contribution in [0.15, 0.2) is 24.3 Å². The Labute approximate surface area is 366 Å². The zero-order chi connectivity index (χ0) is 48.1. The molecule has 4 N–H and O–H groups in total. The third kappa shape index (κ3) is 36.7. The second kappa shape index (κ2) is 50.2. The van der Waals surface area contributed by atoms with Gasteiger partial charge in [0.15, 0.2) is 0 Å². The van der Waals surface area contributed by atoms with Gasteiger partial charge in [-0.2, -0.15) is 0 Å². The number of likely N-dealkylation sites (N-methyl/N-ethyl adjacent to an activating group) is 3. The number of carbonyl (C=O) groups is 5. The van der Waals surface area contributed by atoms with Gasteiger partial charge in [-0.3, -0.25) is 9.59 Å². The van der Waals surface area contributed by atoms with Crippen LogP contribution >= 0.6 is 0 Å². The van der Waals surface area contributed by atoms with Gasteiger partial charge in [0.05, 0.1) is 36.9 Å². The molecule has 7 unspecified atom stereocenters. The Bertz CT molecular complexity index is 1070. The average molecular weight is 862 g/mol. The van der Waals surface area contributed by atoms with Crippen molar-refractivity contribution in [3.63, 3.8) is 0 Å². The highest BCUT2D eigenvalue weighted by Crippen LogP contribution is 2.24. The average Bonchev–Trinajstić information content (AvgIpc) is 3.72. The Kier molecular flexibility index (Phi) is 57.4. The molecule has 60 heavy (non-hydrogen) atoms. The van der Waals surface area contributed by atoms with Gasteiger partial charge in [-0.05, 0) is 89.3 Å². The molecule has 0 spiro atoms. The molecule has 1 heterocycles. The summed E-state index contributed by atoms with van der Waals surface area (Å²) in [5.41, 5.74) is 0.804. The number of ether oxygens (including phenoxy) is 2. The van der Waals surface area contributed by atoms with Gasteiger partial charge in [0.2, 0.25) is 12.8 Å². The minimum atomic E-state index is -0.544. The van der Waals surface area contributed by atoms with Crippen molar-refractivity contribution in [1.29, 1.82) is 0 Å². The first-order valence-electron chi connectivity index (χ1n) is 21.6. The van der Waals surface area contributed by atoms with Crippen LogP contribution in [0.3, 0.4) is 0 Å². The van der Waals surface area contributed by atoms with Crippen LogP contribution in [0.4, 0.5) is 4.39 Å². The highest BCUT2D eigenvalue weighted by molar-refractivity contribution is 5.64. The van der Waals surface area contributed by atoms with Crippen LogP contribution < -0.4 is 16.0 Å². The number of likely N-dealkylation sites (tertiary alicyclic amines) is 1. The number of nitrogens with zero attached hydrogens (tertiary/aromatic N) is 2. The minimum Gasteiger partial charge on any atom is -0.400 e. The molecule has 1 aliphatic heterocycles. The summed E-state index contributed by atoms with van der Waals surface area (Å²) in [6.07, 6.45) is 10.5. The molecule has 1 aromatic rings. The second-order valence-corrected chi connectivity index (χ2v) is 14.5. The lowest BCUT2D eigenvalue weighted by Gasteiger charge is -2.35. The maximum atomic E-state index is 12.5. The first kappa shape index (κ1) is 68.6. The number of aldehydes is 3. The molecule has 2 rings (SSSR count). The van der Waals surface area contributed by atoms with Gasteiger partial charge in [-0.15, -0.1) is 0 Å². The Hall–Kier alpha value is -3.14. The van der Waals surface area contributed by atoms with Crippen molar-refractivity contribution in [3.05, 3.63) is 35.6 Å². The first-order valence-corrected chi connectivity index (χ1v) is 21.6. The fourth-order valence-corrected chi connectivity index (χ4v) is 5.92. The number of rotatable bonds is 20. The SMILES string of the molecule is CC.CCC.CCC(C)C(C(CC)OC)N(C)C.CNC(C=O)C(C)C.CNCC=O.CO.COC(C(C)C)C1CCCN1C=O.O=CNC(C=O)Cc1ccc(F)cc1. The fraction of sp³-hybridized carbons (Fsp3) is 0.761. The summed E-state index contributed by atoms with van der Waals surface area (Å²) in [6, 6.07) is 6.11. The predicted molar refractivity (Wildman–Crippen MR) is 248 cm³/mol. The molecule has 1 fully saturated rings. The van der Waals surface area contributed by atoms with Crippen LogP contribution in [0.25, 0.3) is 0 Å². The molecule has 0 radical (unpaired) electrons. The number of aliphatic hydroxyl groups excluding tert-OH is 1. The van der Waals surface area contributed by atoms with Gasteiger partial charge in [-0.1, -0.05) is 101 Å². The molecule has 2 amide bonds. The van der Waals surface area contributed by atoms with Gasteiger partial charge in [0.25, 0.3) is 0 Å². The molecular formula is C46H92FN5O8. The lowest BCUT2D eigenvalue weighted by Crippen LogP contribution is -2.44. The van der Waals surface area contributed by atoms with E-state index in [1.807, 2.05) is 39.7 Å². The third-order valence-corrected chi connectivity index (χ3v) is 9.00. The van der Waals surface area contributed by atoms with Gasteiger partial charge in [0.1, 0.15) is 24.7 Å². The summed E-state index contributed by atoms with van der Waals surface area (Å²) in [7, 11) is 12.3. The smallest absolute Gasteiger partial charge is 0.210 e. The standard InChI is InChI=1S/C11H25NO.C10H10FNO2.C10H19NO2.C6H13NO.C3H7NO.C3H8.C2H6.CH4O/c1-7-9(3)11(12(4)5)10(8-2)13-6;11-9-3-1-8(2-4-9)5-10(6-13)12-7-14;1-8(2)10(13-3)9-5-4-6-11(9)7-12;1-5(2)6(4-8)7-3;1-4-2-3-5;1-3-2;2*1-2/h9-11H,7-8H2,1-6H3;1-4,6-7,10H,5H2,(H,12,14);7-10H,4-6H2,1-3H3;4-7H,1-3H3;3-4H,2H2,1H3;3H2,1-2H3;1-2H3;2H,1H3. The van der Waals surface area contributed by atoms with Gasteiger partial charge in [-0.25, -0.2) is 4.39 Å². The largest absolute Gasteiger partial charge is 0.400 e. The number of amides is 2. The number of hydrogen-bond acceptors (Lipinski definition) is 11. The molecule has 0 aromatic heterocycles.